The molecule has 0 aliphatic carbocycles. The number of ketones is 1. The van der Waals surface area contributed by atoms with Crippen molar-refractivity contribution in [2.45, 2.75) is 33.1 Å². The van der Waals surface area contributed by atoms with E-state index in [1.54, 1.807) is 12.1 Å². The third-order valence-corrected chi connectivity index (χ3v) is 4.59. The molecule has 2 rings (SSSR count). The number of urea groups is 1. The van der Waals surface area contributed by atoms with Crippen molar-refractivity contribution >= 4 is 35.0 Å². The summed E-state index contributed by atoms with van der Waals surface area (Å²) in [6.07, 6.45) is 0.635. The summed E-state index contributed by atoms with van der Waals surface area (Å²) in [7, 11) is 0. The molecule has 0 atom stereocenters. The van der Waals surface area contributed by atoms with Gasteiger partial charge in [-0.05, 0) is 30.2 Å². The van der Waals surface area contributed by atoms with E-state index < -0.39 is 29.0 Å². The molecule has 0 unspecified atom stereocenters. The second kappa shape index (κ2) is 6.39. The van der Waals surface area contributed by atoms with Crippen molar-refractivity contribution in [1.29, 1.82) is 0 Å². The maximum Gasteiger partial charge on any atom is 0.328 e. The van der Waals surface area contributed by atoms with Crippen LogP contribution in [0.5, 0.6) is 0 Å². The number of hydrogen-bond acceptors (Lipinski definition) is 5. The average Bonchev–Trinajstić information content (AvgIpc) is 2.90. The average molecular weight is 322 g/mol. The Morgan fingerprint density at radius 3 is 2.36 bits per heavy atom. The SMILES string of the molecule is CC(C)CCC1(C(=O)Cc2cccs2)C(=O)NC(=O)NC1=O. The van der Waals surface area contributed by atoms with Crippen molar-refractivity contribution < 1.29 is 19.2 Å². The molecule has 0 radical (unpaired) electrons. The van der Waals surface area contributed by atoms with Crippen LogP contribution >= 0.6 is 11.3 Å². The van der Waals surface area contributed by atoms with Crippen molar-refractivity contribution in [1.82, 2.24) is 10.6 Å². The largest absolute Gasteiger partial charge is 0.328 e. The molecular formula is C15H18N2O4S. The van der Waals surface area contributed by atoms with Crippen LogP contribution in [0.4, 0.5) is 4.79 Å². The molecule has 1 fully saturated rings. The first kappa shape index (κ1) is 16.4. The van der Waals surface area contributed by atoms with Gasteiger partial charge in [0.05, 0.1) is 0 Å². The molecule has 0 bridgehead atoms. The Hall–Kier alpha value is -2.02. The van der Waals surface area contributed by atoms with Crippen molar-refractivity contribution in [2.75, 3.05) is 0 Å². The second-order valence-corrected chi connectivity index (χ2v) is 6.79. The van der Waals surface area contributed by atoms with Crippen LogP contribution in [0.25, 0.3) is 0 Å². The molecule has 1 aliphatic heterocycles. The van der Waals surface area contributed by atoms with Crippen molar-refractivity contribution in [3.05, 3.63) is 22.4 Å². The Labute approximate surface area is 132 Å². The molecule has 2 N–H and O–H groups in total. The van der Waals surface area contributed by atoms with Crippen LogP contribution < -0.4 is 10.6 Å². The van der Waals surface area contributed by atoms with Crippen LogP contribution in [0.2, 0.25) is 0 Å². The lowest BCUT2D eigenvalue weighted by Gasteiger charge is -2.33. The highest BCUT2D eigenvalue weighted by Crippen LogP contribution is 2.32. The van der Waals surface area contributed by atoms with E-state index in [1.165, 1.54) is 11.3 Å². The predicted octanol–water partition coefficient (Wildman–Crippen LogP) is 1.65. The maximum absolute atomic E-state index is 12.7. The van der Waals surface area contributed by atoms with Gasteiger partial charge in [0.2, 0.25) is 0 Å². The minimum Gasteiger partial charge on any atom is -0.298 e. The quantitative estimate of drug-likeness (QED) is 0.779. The fourth-order valence-electron chi connectivity index (χ4n) is 2.40. The van der Waals surface area contributed by atoms with E-state index in [4.69, 9.17) is 0 Å². The number of imide groups is 2. The van der Waals surface area contributed by atoms with E-state index in [9.17, 15) is 19.2 Å². The zero-order chi connectivity index (χ0) is 16.3. The molecule has 1 aliphatic rings. The lowest BCUT2D eigenvalue weighted by Crippen LogP contribution is -2.65. The molecule has 22 heavy (non-hydrogen) atoms. The van der Waals surface area contributed by atoms with Gasteiger partial charge in [-0.15, -0.1) is 11.3 Å². The van der Waals surface area contributed by atoms with E-state index in [0.29, 0.717) is 6.42 Å². The molecule has 0 aromatic carbocycles. The molecule has 0 spiro atoms. The van der Waals surface area contributed by atoms with E-state index in [-0.39, 0.29) is 18.8 Å². The second-order valence-electron chi connectivity index (χ2n) is 5.75. The summed E-state index contributed by atoms with van der Waals surface area (Å²) in [5.74, 6) is -1.88. The van der Waals surface area contributed by atoms with Crippen molar-refractivity contribution in [3.63, 3.8) is 0 Å². The first-order valence-corrected chi connectivity index (χ1v) is 7.96. The highest BCUT2D eigenvalue weighted by Gasteiger charge is 2.55. The maximum atomic E-state index is 12.7. The van der Waals surface area contributed by atoms with Gasteiger partial charge in [0, 0.05) is 11.3 Å². The minimum atomic E-state index is -1.82. The Kier molecular flexibility index (Phi) is 4.75. The molecule has 6 nitrogen and oxygen atoms in total. The monoisotopic (exact) mass is 322 g/mol. The molecule has 1 aromatic rings. The number of rotatable bonds is 6. The van der Waals surface area contributed by atoms with Gasteiger partial charge in [0.25, 0.3) is 11.8 Å². The third kappa shape index (κ3) is 3.09. The highest BCUT2D eigenvalue weighted by molar-refractivity contribution is 7.10. The minimum absolute atomic E-state index is 0.00475. The Bertz CT molecular complexity index is 587. The van der Waals surface area contributed by atoms with Gasteiger partial charge >= 0.3 is 6.03 Å². The number of amides is 4. The lowest BCUT2D eigenvalue weighted by atomic mass is 9.73. The van der Waals surface area contributed by atoms with E-state index in [0.717, 1.165) is 4.88 Å². The molecule has 2 heterocycles. The smallest absolute Gasteiger partial charge is 0.298 e. The number of hydrogen-bond donors (Lipinski definition) is 2. The summed E-state index contributed by atoms with van der Waals surface area (Å²) in [6, 6.07) is 2.71. The van der Waals surface area contributed by atoms with Gasteiger partial charge in [-0.25, -0.2) is 4.79 Å². The van der Waals surface area contributed by atoms with Gasteiger partial charge in [-0.3, -0.25) is 25.0 Å². The number of barbiturate groups is 1. The Morgan fingerprint density at radius 2 is 1.86 bits per heavy atom. The van der Waals surface area contributed by atoms with Crippen LogP contribution in [0.15, 0.2) is 17.5 Å². The lowest BCUT2D eigenvalue weighted by molar-refractivity contribution is -0.152. The predicted molar refractivity (Wildman–Crippen MR) is 81.2 cm³/mol. The molecule has 1 saturated heterocycles. The van der Waals surface area contributed by atoms with Gasteiger partial charge in [0.15, 0.2) is 11.2 Å². The number of nitrogens with one attached hydrogen (secondary N) is 2. The van der Waals surface area contributed by atoms with Crippen molar-refractivity contribution in [2.24, 2.45) is 11.3 Å². The zero-order valence-electron chi connectivity index (χ0n) is 12.5. The standard InChI is InChI=1S/C15H18N2O4S/c1-9(2)5-6-15(11(18)8-10-4-3-7-22-10)12(19)16-14(21)17-13(15)20/h3-4,7,9H,5-6,8H2,1-2H3,(H2,16,17,19,20,21). The molecular weight excluding hydrogens is 304 g/mol. The van der Waals surface area contributed by atoms with Crippen LogP contribution in [0.3, 0.4) is 0 Å². The van der Waals surface area contributed by atoms with Crippen molar-refractivity contribution in [3.8, 4) is 0 Å². The summed E-state index contributed by atoms with van der Waals surface area (Å²) in [5, 5.41) is 5.94. The van der Waals surface area contributed by atoms with E-state index in [1.807, 2.05) is 19.2 Å². The molecule has 7 heteroatoms. The number of carbonyl (C=O) groups excluding carboxylic acids is 4. The molecule has 0 saturated carbocycles. The highest BCUT2D eigenvalue weighted by atomic mass is 32.1. The first-order valence-electron chi connectivity index (χ1n) is 7.09. The number of Topliss-reactive ketones (excluding diaryl/α,β-unsaturated/α-hetero) is 1. The summed E-state index contributed by atoms with van der Waals surface area (Å²) < 4.78 is 0. The van der Waals surface area contributed by atoms with Crippen LogP contribution in [0.1, 0.15) is 31.6 Å². The van der Waals surface area contributed by atoms with Gasteiger partial charge in [-0.2, -0.15) is 0 Å². The Balaban J connectivity index is 2.32. The van der Waals surface area contributed by atoms with Gasteiger partial charge in [0.1, 0.15) is 0 Å². The zero-order valence-corrected chi connectivity index (χ0v) is 13.3. The molecule has 4 amide bonds. The molecule has 1 aromatic heterocycles. The van der Waals surface area contributed by atoms with E-state index >= 15 is 0 Å². The number of thiophene rings is 1. The summed E-state index contributed by atoms with van der Waals surface area (Å²) in [4.78, 5) is 49.4. The van der Waals surface area contributed by atoms with Crippen LogP contribution in [-0.2, 0) is 20.8 Å². The fourth-order valence-corrected chi connectivity index (χ4v) is 3.10. The van der Waals surface area contributed by atoms with Gasteiger partial charge in [-0.1, -0.05) is 19.9 Å². The van der Waals surface area contributed by atoms with Crippen LogP contribution in [-0.4, -0.2) is 23.6 Å². The Morgan fingerprint density at radius 1 is 1.23 bits per heavy atom. The van der Waals surface area contributed by atoms with Gasteiger partial charge < -0.3 is 0 Å². The topological polar surface area (TPSA) is 92.3 Å². The molecule has 118 valence electrons. The normalized spacial score (nSPS) is 17.3. The van der Waals surface area contributed by atoms with E-state index in [2.05, 4.69) is 10.6 Å². The third-order valence-electron chi connectivity index (χ3n) is 3.72. The van der Waals surface area contributed by atoms with Crippen LogP contribution in [0, 0.1) is 11.3 Å². The first-order chi connectivity index (χ1) is 10.4. The summed E-state index contributed by atoms with van der Waals surface area (Å²) >= 11 is 1.39. The number of carbonyl (C=O) groups is 4. The fraction of sp³-hybridized carbons (Fsp3) is 0.467. The summed E-state index contributed by atoms with van der Waals surface area (Å²) in [6.45, 7) is 3.89. The summed E-state index contributed by atoms with van der Waals surface area (Å²) in [5.41, 5.74) is -1.82.